The number of nitrogens with zero attached hydrogens (tertiary/aromatic N) is 3. The zero-order valence-electron chi connectivity index (χ0n) is 10.8. The highest BCUT2D eigenvalue weighted by atomic mass is 16.6. The number of anilines is 1. The second-order valence-electron chi connectivity index (χ2n) is 5.10. The van der Waals surface area contributed by atoms with Crippen LogP contribution in [0.2, 0.25) is 0 Å². The van der Waals surface area contributed by atoms with Crippen LogP contribution in [0, 0.1) is 0 Å². The van der Waals surface area contributed by atoms with Gasteiger partial charge in [0, 0.05) is 6.20 Å². The number of rotatable bonds is 2. The van der Waals surface area contributed by atoms with Gasteiger partial charge in [-0.1, -0.05) is 0 Å². The molecule has 0 aliphatic carbocycles. The first-order valence-electron chi connectivity index (χ1n) is 6.20. The van der Waals surface area contributed by atoms with Crippen LogP contribution in [0.15, 0.2) is 18.6 Å². The summed E-state index contributed by atoms with van der Waals surface area (Å²) >= 11 is 0. The Morgan fingerprint density at radius 3 is 2.90 bits per heavy atom. The minimum Gasteiger partial charge on any atom is -0.394 e. The van der Waals surface area contributed by atoms with Crippen molar-refractivity contribution in [2.75, 3.05) is 12.3 Å². The Morgan fingerprint density at radius 1 is 1.50 bits per heavy atom. The molecule has 108 valence electrons. The smallest absolute Gasteiger partial charge is 0.167 e. The van der Waals surface area contributed by atoms with Gasteiger partial charge in [0.1, 0.15) is 35.6 Å². The predicted octanol–water partition coefficient (Wildman–Crippen LogP) is -0.985. The van der Waals surface area contributed by atoms with Crippen molar-refractivity contribution in [3.8, 4) is 0 Å². The lowest BCUT2D eigenvalue weighted by Crippen LogP contribution is -2.44. The van der Waals surface area contributed by atoms with E-state index >= 15 is 0 Å². The van der Waals surface area contributed by atoms with Crippen molar-refractivity contribution in [2.45, 2.75) is 31.0 Å². The number of aromatic nitrogens is 3. The third kappa shape index (κ3) is 1.70. The Hall–Kier alpha value is -1.74. The molecule has 3 heterocycles. The van der Waals surface area contributed by atoms with Crippen LogP contribution in [0.5, 0.6) is 0 Å². The Balaban J connectivity index is 2.10. The van der Waals surface area contributed by atoms with Crippen molar-refractivity contribution in [3.63, 3.8) is 0 Å². The lowest BCUT2D eigenvalue weighted by atomic mass is 9.96. The molecule has 0 radical (unpaired) electrons. The van der Waals surface area contributed by atoms with Crippen molar-refractivity contribution in [1.82, 2.24) is 14.5 Å². The summed E-state index contributed by atoms with van der Waals surface area (Å²) in [5.41, 5.74) is 4.70. The van der Waals surface area contributed by atoms with E-state index in [4.69, 9.17) is 10.5 Å². The minimum atomic E-state index is -1.56. The quantitative estimate of drug-likeness (QED) is 0.556. The molecular formula is C12H16N4O4. The molecule has 0 bridgehead atoms. The molecule has 1 aliphatic rings. The van der Waals surface area contributed by atoms with Gasteiger partial charge in [0.05, 0.1) is 12.0 Å². The lowest BCUT2D eigenvalue weighted by Gasteiger charge is -2.27. The van der Waals surface area contributed by atoms with Crippen molar-refractivity contribution < 1.29 is 20.1 Å². The molecule has 1 fully saturated rings. The molecular weight excluding hydrogens is 264 g/mol. The van der Waals surface area contributed by atoms with E-state index in [1.807, 2.05) is 0 Å². The van der Waals surface area contributed by atoms with Crippen LogP contribution in [0.1, 0.15) is 13.2 Å². The van der Waals surface area contributed by atoms with Gasteiger partial charge in [0.25, 0.3) is 0 Å². The summed E-state index contributed by atoms with van der Waals surface area (Å²) in [6.07, 6.45) is 0.0428. The fourth-order valence-electron chi connectivity index (χ4n) is 2.57. The molecule has 0 saturated carbocycles. The maximum Gasteiger partial charge on any atom is 0.167 e. The van der Waals surface area contributed by atoms with Crippen molar-refractivity contribution in [3.05, 3.63) is 18.6 Å². The maximum atomic E-state index is 10.4. The van der Waals surface area contributed by atoms with Crippen LogP contribution >= 0.6 is 0 Å². The standard InChI is InChI=1S/C12H16N4O4/c1-12(19)8(18)7(4-17)20-11(12)16-3-2-6-9(13)14-5-15-10(6)16/h2-3,5,7-8,11,17-19H,4H2,1H3,(H2,13,14,15)/t7-,8-,11?,12+/m1/s1. The number of aliphatic hydroxyl groups excluding tert-OH is 2. The SMILES string of the molecule is C[C@@]1(O)C(n2ccc3c(N)ncnc32)O[C@H](CO)[C@H]1O. The van der Waals surface area contributed by atoms with Crippen LogP contribution in [-0.2, 0) is 4.74 Å². The highest BCUT2D eigenvalue weighted by molar-refractivity contribution is 5.86. The van der Waals surface area contributed by atoms with Gasteiger partial charge in [-0.3, -0.25) is 0 Å². The maximum absolute atomic E-state index is 10.4. The van der Waals surface area contributed by atoms with Gasteiger partial charge in [-0.2, -0.15) is 0 Å². The van der Waals surface area contributed by atoms with Gasteiger partial charge in [-0.05, 0) is 13.0 Å². The van der Waals surface area contributed by atoms with Crippen LogP contribution in [0.4, 0.5) is 5.82 Å². The van der Waals surface area contributed by atoms with Crippen molar-refractivity contribution in [1.29, 1.82) is 0 Å². The third-order valence-corrected chi connectivity index (χ3v) is 3.73. The first kappa shape index (κ1) is 13.3. The average molecular weight is 280 g/mol. The summed E-state index contributed by atoms with van der Waals surface area (Å²) in [5.74, 6) is 0.325. The second-order valence-corrected chi connectivity index (χ2v) is 5.10. The number of ether oxygens (including phenoxy) is 1. The molecule has 0 spiro atoms. The minimum absolute atomic E-state index is 0.325. The molecule has 5 N–H and O–H groups in total. The van der Waals surface area contributed by atoms with Crippen LogP contribution < -0.4 is 5.73 Å². The molecule has 0 aromatic carbocycles. The van der Waals surface area contributed by atoms with Crippen molar-refractivity contribution in [2.24, 2.45) is 0 Å². The van der Waals surface area contributed by atoms with Crippen molar-refractivity contribution >= 4 is 16.9 Å². The topological polar surface area (TPSA) is 127 Å². The molecule has 3 rings (SSSR count). The first-order valence-corrected chi connectivity index (χ1v) is 6.20. The Labute approximate surface area is 114 Å². The van der Waals surface area contributed by atoms with Gasteiger partial charge < -0.3 is 30.4 Å². The largest absolute Gasteiger partial charge is 0.394 e. The second kappa shape index (κ2) is 4.38. The van der Waals surface area contributed by atoms with Crippen LogP contribution in [-0.4, -0.2) is 54.3 Å². The summed E-state index contributed by atoms with van der Waals surface area (Å²) in [5, 5.41) is 30.3. The van der Waals surface area contributed by atoms with Gasteiger partial charge in [0.15, 0.2) is 6.23 Å². The molecule has 0 amide bonds. The molecule has 1 saturated heterocycles. The molecule has 4 atom stereocenters. The van der Waals surface area contributed by atoms with Gasteiger partial charge >= 0.3 is 0 Å². The fourth-order valence-corrected chi connectivity index (χ4v) is 2.57. The number of fused-ring (bicyclic) bond motifs is 1. The van der Waals surface area contributed by atoms with E-state index in [9.17, 15) is 15.3 Å². The number of aliphatic hydroxyl groups is 3. The molecule has 20 heavy (non-hydrogen) atoms. The first-order chi connectivity index (χ1) is 9.46. The number of nitrogens with two attached hydrogens (primary N) is 1. The molecule has 8 heteroatoms. The molecule has 1 aliphatic heterocycles. The summed E-state index contributed by atoms with van der Waals surface area (Å²) in [6.45, 7) is 1.07. The zero-order valence-corrected chi connectivity index (χ0v) is 10.8. The van der Waals surface area contributed by atoms with Crippen LogP contribution in [0.3, 0.4) is 0 Å². The van der Waals surface area contributed by atoms with Gasteiger partial charge in [0.2, 0.25) is 0 Å². The summed E-state index contributed by atoms with van der Waals surface area (Å²) < 4.78 is 7.12. The van der Waals surface area contributed by atoms with E-state index in [2.05, 4.69) is 9.97 Å². The van der Waals surface area contributed by atoms with E-state index in [1.165, 1.54) is 13.3 Å². The normalized spacial score (nSPS) is 33.9. The Morgan fingerprint density at radius 2 is 2.25 bits per heavy atom. The lowest BCUT2D eigenvalue weighted by molar-refractivity contribution is -0.0948. The monoisotopic (exact) mass is 280 g/mol. The van der Waals surface area contributed by atoms with E-state index in [-0.39, 0.29) is 6.61 Å². The highest BCUT2D eigenvalue weighted by Gasteiger charge is 2.53. The third-order valence-electron chi connectivity index (χ3n) is 3.73. The zero-order chi connectivity index (χ0) is 14.5. The predicted molar refractivity (Wildman–Crippen MR) is 69.6 cm³/mol. The van der Waals surface area contributed by atoms with E-state index in [0.717, 1.165) is 0 Å². The molecule has 2 aromatic heterocycles. The van der Waals surface area contributed by atoms with E-state index in [1.54, 1.807) is 16.8 Å². The Kier molecular flexibility index (Phi) is 2.91. The number of nitrogen functional groups attached to an aromatic ring is 1. The van der Waals surface area contributed by atoms with Crippen LogP contribution in [0.25, 0.3) is 11.0 Å². The summed E-state index contributed by atoms with van der Waals surface area (Å²) in [6, 6.07) is 1.71. The molecule has 1 unspecified atom stereocenters. The fraction of sp³-hybridized carbons (Fsp3) is 0.500. The van der Waals surface area contributed by atoms with E-state index in [0.29, 0.717) is 16.9 Å². The van der Waals surface area contributed by atoms with Gasteiger partial charge in [-0.25, -0.2) is 9.97 Å². The molecule has 8 nitrogen and oxygen atoms in total. The number of hydrogen-bond acceptors (Lipinski definition) is 7. The van der Waals surface area contributed by atoms with E-state index < -0.39 is 24.0 Å². The number of hydrogen-bond donors (Lipinski definition) is 4. The summed E-state index contributed by atoms with van der Waals surface area (Å²) in [7, 11) is 0. The van der Waals surface area contributed by atoms with Gasteiger partial charge in [-0.15, -0.1) is 0 Å². The summed E-state index contributed by atoms with van der Waals surface area (Å²) in [4.78, 5) is 8.01. The Bertz CT molecular complexity index is 641. The average Bonchev–Trinajstić information content (AvgIpc) is 2.92. The highest BCUT2D eigenvalue weighted by Crippen LogP contribution is 2.39. The molecule has 2 aromatic rings.